The summed E-state index contributed by atoms with van der Waals surface area (Å²) in [5, 5.41) is 0. The molecule has 0 unspecified atom stereocenters. The Balaban J connectivity index is 2.22. The van der Waals surface area contributed by atoms with E-state index in [9.17, 15) is 8.42 Å². The first-order valence-electron chi connectivity index (χ1n) is 3.73. The van der Waals surface area contributed by atoms with E-state index in [0.29, 0.717) is 32.6 Å². The second-order valence-corrected chi connectivity index (χ2v) is 5.28. The highest BCUT2D eigenvalue weighted by Gasteiger charge is 2.52. The van der Waals surface area contributed by atoms with Gasteiger partial charge in [-0.2, -0.15) is 0 Å². The van der Waals surface area contributed by atoms with Crippen LogP contribution in [-0.2, 0) is 14.8 Å². The van der Waals surface area contributed by atoms with E-state index in [1.165, 1.54) is 0 Å². The lowest BCUT2D eigenvalue weighted by Gasteiger charge is -2.43. The van der Waals surface area contributed by atoms with Gasteiger partial charge in [-0.3, -0.25) is 0 Å². The van der Waals surface area contributed by atoms with Crippen molar-refractivity contribution in [2.45, 2.75) is 17.6 Å². The summed E-state index contributed by atoms with van der Waals surface area (Å²) in [7, 11) is -2.97. The number of nitrogens with one attached hydrogen (secondary N) is 1. The van der Waals surface area contributed by atoms with Crippen molar-refractivity contribution in [3.63, 3.8) is 0 Å². The van der Waals surface area contributed by atoms with Crippen molar-refractivity contribution in [1.82, 2.24) is 4.72 Å². The third kappa shape index (κ3) is 0.913. The SMILES string of the molecule is O=S1(=O)NCC12CCOCC2. The van der Waals surface area contributed by atoms with Crippen LogP contribution in [0, 0.1) is 0 Å². The minimum Gasteiger partial charge on any atom is -0.381 e. The Morgan fingerprint density at radius 1 is 1.27 bits per heavy atom. The molecule has 2 aliphatic rings. The van der Waals surface area contributed by atoms with Crippen LogP contribution in [0.1, 0.15) is 12.8 Å². The van der Waals surface area contributed by atoms with Crippen LogP contribution in [0.15, 0.2) is 0 Å². The van der Waals surface area contributed by atoms with E-state index >= 15 is 0 Å². The molecule has 1 N–H and O–H groups in total. The molecule has 0 amide bonds. The van der Waals surface area contributed by atoms with Crippen molar-refractivity contribution in [2.75, 3.05) is 19.8 Å². The maximum atomic E-state index is 11.2. The molecule has 1 spiro atoms. The molecule has 2 aliphatic heterocycles. The predicted octanol–water partition coefficient (Wildman–Crippen LogP) is -0.531. The highest BCUT2D eigenvalue weighted by atomic mass is 32.2. The smallest absolute Gasteiger partial charge is 0.218 e. The van der Waals surface area contributed by atoms with Crippen LogP contribution in [0.4, 0.5) is 0 Å². The fourth-order valence-corrected chi connectivity index (χ4v) is 3.08. The number of ether oxygens (including phenoxy) is 1. The number of hydrogen-bond acceptors (Lipinski definition) is 3. The lowest BCUT2D eigenvalue weighted by Crippen LogP contribution is -2.65. The van der Waals surface area contributed by atoms with Crippen LogP contribution in [0.5, 0.6) is 0 Å². The molecule has 2 saturated heterocycles. The maximum Gasteiger partial charge on any atom is 0.218 e. The summed E-state index contributed by atoms with van der Waals surface area (Å²) in [6.07, 6.45) is 1.31. The second kappa shape index (κ2) is 2.18. The minimum absolute atomic E-state index is 0.467. The Labute approximate surface area is 66.0 Å². The molecule has 0 aromatic carbocycles. The molecule has 0 bridgehead atoms. The summed E-state index contributed by atoms with van der Waals surface area (Å²) in [5.41, 5.74) is 0. The van der Waals surface area contributed by atoms with Gasteiger partial charge in [-0.15, -0.1) is 0 Å². The molecule has 2 fully saturated rings. The Hall–Kier alpha value is -0.130. The zero-order valence-electron chi connectivity index (χ0n) is 6.17. The molecule has 0 radical (unpaired) electrons. The van der Waals surface area contributed by atoms with Crippen molar-refractivity contribution in [3.05, 3.63) is 0 Å². The van der Waals surface area contributed by atoms with Crippen molar-refractivity contribution < 1.29 is 13.2 Å². The van der Waals surface area contributed by atoms with Crippen LogP contribution >= 0.6 is 0 Å². The third-order valence-electron chi connectivity index (χ3n) is 2.56. The first kappa shape index (κ1) is 7.52. The molecule has 2 heterocycles. The summed E-state index contributed by atoms with van der Waals surface area (Å²) >= 11 is 0. The normalized spacial score (nSPS) is 33.1. The molecule has 0 aromatic heterocycles. The van der Waals surface area contributed by atoms with Crippen LogP contribution in [-0.4, -0.2) is 32.9 Å². The van der Waals surface area contributed by atoms with E-state index in [1.807, 2.05) is 0 Å². The Bertz CT molecular complexity index is 253. The van der Waals surface area contributed by atoms with Gasteiger partial charge in [-0.25, -0.2) is 13.1 Å². The number of rotatable bonds is 0. The molecule has 0 saturated carbocycles. The standard InChI is InChI=1S/C6H11NO3S/c8-11(9)6(5-7-11)1-3-10-4-2-6/h7H,1-5H2. The molecular formula is C6H11NO3S. The molecule has 5 heteroatoms. The molecule has 0 aliphatic carbocycles. The van der Waals surface area contributed by atoms with Gasteiger partial charge in [-0.1, -0.05) is 0 Å². The van der Waals surface area contributed by atoms with Crippen LogP contribution < -0.4 is 4.72 Å². The van der Waals surface area contributed by atoms with Gasteiger partial charge < -0.3 is 4.74 Å². The van der Waals surface area contributed by atoms with E-state index in [0.717, 1.165) is 0 Å². The molecule has 11 heavy (non-hydrogen) atoms. The van der Waals surface area contributed by atoms with Gasteiger partial charge >= 0.3 is 0 Å². The molecule has 4 nitrogen and oxygen atoms in total. The van der Waals surface area contributed by atoms with Crippen molar-refractivity contribution in [2.24, 2.45) is 0 Å². The largest absolute Gasteiger partial charge is 0.381 e. The van der Waals surface area contributed by atoms with Gasteiger partial charge in [0.15, 0.2) is 0 Å². The fourth-order valence-electron chi connectivity index (χ4n) is 1.58. The van der Waals surface area contributed by atoms with Gasteiger partial charge in [0.2, 0.25) is 10.0 Å². The van der Waals surface area contributed by atoms with Gasteiger partial charge in [0.1, 0.15) is 4.75 Å². The van der Waals surface area contributed by atoms with Crippen LogP contribution in [0.2, 0.25) is 0 Å². The molecule has 0 atom stereocenters. The zero-order chi connectivity index (χ0) is 7.95. The summed E-state index contributed by atoms with van der Waals surface area (Å²) in [4.78, 5) is 0. The number of sulfonamides is 1. The van der Waals surface area contributed by atoms with E-state index in [2.05, 4.69) is 4.72 Å². The summed E-state index contributed by atoms with van der Waals surface area (Å²) in [6, 6.07) is 0. The van der Waals surface area contributed by atoms with E-state index < -0.39 is 14.8 Å². The van der Waals surface area contributed by atoms with Gasteiger partial charge in [-0.05, 0) is 12.8 Å². The summed E-state index contributed by atoms with van der Waals surface area (Å²) in [6.45, 7) is 1.78. The minimum atomic E-state index is -2.97. The molecule has 64 valence electrons. The first-order valence-corrected chi connectivity index (χ1v) is 5.22. The fraction of sp³-hybridized carbons (Fsp3) is 1.00. The van der Waals surface area contributed by atoms with E-state index in [-0.39, 0.29) is 0 Å². The van der Waals surface area contributed by atoms with Gasteiger partial charge in [0.25, 0.3) is 0 Å². The van der Waals surface area contributed by atoms with Crippen LogP contribution in [0.25, 0.3) is 0 Å². The monoisotopic (exact) mass is 177 g/mol. The van der Waals surface area contributed by atoms with Crippen molar-refractivity contribution in [3.8, 4) is 0 Å². The van der Waals surface area contributed by atoms with E-state index in [1.54, 1.807) is 0 Å². The maximum absolute atomic E-state index is 11.2. The average Bonchev–Trinajstić information content (AvgIpc) is 2.04. The average molecular weight is 177 g/mol. The summed E-state index contributed by atoms with van der Waals surface area (Å²) in [5.74, 6) is 0. The lowest BCUT2D eigenvalue weighted by atomic mass is 9.99. The van der Waals surface area contributed by atoms with Crippen LogP contribution in [0.3, 0.4) is 0 Å². The highest BCUT2D eigenvalue weighted by Crippen LogP contribution is 2.34. The Morgan fingerprint density at radius 3 is 2.18 bits per heavy atom. The molecule has 2 rings (SSSR count). The molecular weight excluding hydrogens is 166 g/mol. The third-order valence-corrected chi connectivity index (χ3v) is 4.78. The summed E-state index contributed by atoms with van der Waals surface area (Å²) < 4.78 is 29.6. The Morgan fingerprint density at radius 2 is 1.91 bits per heavy atom. The lowest BCUT2D eigenvalue weighted by molar-refractivity contribution is 0.0699. The quantitative estimate of drug-likeness (QED) is 0.541. The molecule has 0 aromatic rings. The zero-order valence-corrected chi connectivity index (χ0v) is 6.99. The number of hydrogen-bond donors (Lipinski definition) is 1. The highest BCUT2D eigenvalue weighted by molar-refractivity contribution is 7.92. The Kier molecular flexibility index (Phi) is 1.49. The predicted molar refractivity (Wildman–Crippen MR) is 39.7 cm³/mol. The van der Waals surface area contributed by atoms with Gasteiger partial charge in [0.05, 0.1) is 0 Å². The van der Waals surface area contributed by atoms with Crippen molar-refractivity contribution >= 4 is 10.0 Å². The second-order valence-electron chi connectivity index (χ2n) is 3.12. The first-order chi connectivity index (χ1) is 5.16. The van der Waals surface area contributed by atoms with E-state index in [4.69, 9.17) is 4.74 Å². The van der Waals surface area contributed by atoms with Gasteiger partial charge in [0, 0.05) is 19.8 Å². The topological polar surface area (TPSA) is 55.4 Å². The van der Waals surface area contributed by atoms with Crippen molar-refractivity contribution in [1.29, 1.82) is 0 Å².